The Morgan fingerprint density at radius 1 is 1.50 bits per heavy atom. The quantitative estimate of drug-likeness (QED) is 0.791. The highest BCUT2D eigenvalue weighted by Crippen LogP contribution is 2.04. The Morgan fingerprint density at radius 3 is 2.83 bits per heavy atom. The average molecular weight is 245 g/mol. The third-order valence-electron chi connectivity index (χ3n) is 2.72. The second-order valence-electron chi connectivity index (χ2n) is 4.57. The lowest BCUT2D eigenvalue weighted by atomic mass is 10.1. The van der Waals surface area contributed by atoms with Crippen molar-refractivity contribution in [2.75, 3.05) is 6.54 Å². The van der Waals surface area contributed by atoms with Gasteiger partial charge in [0.2, 0.25) is 0 Å². The van der Waals surface area contributed by atoms with Gasteiger partial charge in [-0.1, -0.05) is 0 Å². The molecule has 0 saturated heterocycles. The molecule has 1 aromatic rings. The zero-order valence-corrected chi connectivity index (χ0v) is 10.9. The monoisotopic (exact) mass is 245 g/mol. The normalized spacial score (nSPS) is 13.6. The van der Waals surface area contributed by atoms with Crippen molar-refractivity contribution in [1.82, 2.24) is 15.1 Å². The maximum atomic E-state index is 8.94. The van der Waals surface area contributed by atoms with Crippen molar-refractivity contribution in [1.29, 1.82) is 10.5 Å². The van der Waals surface area contributed by atoms with Crippen molar-refractivity contribution < 1.29 is 0 Å². The minimum Gasteiger partial charge on any atom is -0.311 e. The van der Waals surface area contributed by atoms with Gasteiger partial charge in [-0.15, -0.1) is 0 Å². The van der Waals surface area contributed by atoms with Crippen molar-refractivity contribution in [2.45, 2.75) is 39.3 Å². The Balaban J connectivity index is 2.30. The van der Waals surface area contributed by atoms with Crippen LogP contribution in [0.1, 0.15) is 25.3 Å². The van der Waals surface area contributed by atoms with Crippen LogP contribution in [0, 0.1) is 35.5 Å². The molecule has 0 radical (unpaired) electrons. The number of aryl methyl sites for hydroxylation is 1. The van der Waals surface area contributed by atoms with Gasteiger partial charge in [-0.25, -0.2) is 0 Å². The van der Waals surface area contributed by atoms with Crippen molar-refractivity contribution >= 4 is 0 Å². The SMILES string of the molecule is Cc1cnn(CC(C)NCC(C#N)CCC#N)c1. The number of aromatic nitrogens is 2. The molecule has 96 valence electrons. The minimum absolute atomic E-state index is 0.0912. The summed E-state index contributed by atoms with van der Waals surface area (Å²) in [6.07, 6.45) is 4.90. The fourth-order valence-electron chi connectivity index (χ4n) is 1.71. The van der Waals surface area contributed by atoms with E-state index in [1.54, 1.807) is 0 Å². The molecule has 1 aromatic heterocycles. The van der Waals surface area contributed by atoms with E-state index in [-0.39, 0.29) is 12.0 Å². The van der Waals surface area contributed by atoms with Gasteiger partial charge in [0.05, 0.1) is 30.8 Å². The van der Waals surface area contributed by atoms with Gasteiger partial charge in [-0.05, 0) is 25.8 Å². The molecule has 18 heavy (non-hydrogen) atoms. The van der Waals surface area contributed by atoms with Crippen molar-refractivity contribution in [3.05, 3.63) is 18.0 Å². The molecule has 0 aliphatic rings. The highest BCUT2D eigenvalue weighted by atomic mass is 15.3. The minimum atomic E-state index is -0.0912. The lowest BCUT2D eigenvalue weighted by Crippen LogP contribution is -2.34. The Hall–Kier alpha value is -1.85. The van der Waals surface area contributed by atoms with E-state index in [0.717, 1.165) is 12.1 Å². The van der Waals surface area contributed by atoms with Crippen LogP contribution in [0.3, 0.4) is 0 Å². The summed E-state index contributed by atoms with van der Waals surface area (Å²) in [5.74, 6) is -0.0912. The standard InChI is InChI=1S/C13H19N5/c1-11-7-17-18(9-11)10-12(2)16-8-13(6-15)4-3-5-14/h7,9,12-13,16H,3-4,8,10H2,1-2H3. The third-order valence-corrected chi connectivity index (χ3v) is 2.72. The van der Waals surface area contributed by atoms with Gasteiger partial charge in [0.15, 0.2) is 0 Å². The van der Waals surface area contributed by atoms with E-state index in [1.165, 1.54) is 0 Å². The van der Waals surface area contributed by atoms with Crippen LogP contribution < -0.4 is 5.32 Å². The van der Waals surface area contributed by atoms with Gasteiger partial charge in [-0.2, -0.15) is 15.6 Å². The van der Waals surface area contributed by atoms with E-state index in [2.05, 4.69) is 29.5 Å². The van der Waals surface area contributed by atoms with E-state index in [1.807, 2.05) is 24.0 Å². The molecule has 0 aliphatic heterocycles. The fraction of sp³-hybridized carbons (Fsp3) is 0.615. The Bertz CT molecular complexity index is 437. The molecule has 2 atom stereocenters. The molecule has 1 rings (SSSR count). The van der Waals surface area contributed by atoms with Gasteiger partial charge in [0, 0.05) is 25.2 Å². The molecule has 0 aromatic carbocycles. The van der Waals surface area contributed by atoms with Crippen molar-refractivity contribution in [3.8, 4) is 12.1 Å². The zero-order valence-electron chi connectivity index (χ0n) is 10.9. The van der Waals surface area contributed by atoms with Crippen LogP contribution in [0.2, 0.25) is 0 Å². The van der Waals surface area contributed by atoms with E-state index < -0.39 is 0 Å². The number of nitrogens with zero attached hydrogens (tertiary/aromatic N) is 4. The topological polar surface area (TPSA) is 77.4 Å². The van der Waals surface area contributed by atoms with E-state index in [0.29, 0.717) is 19.4 Å². The van der Waals surface area contributed by atoms with Crippen LogP contribution >= 0.6 is 0 Å². The molecule has 0 aliphatic carbocycles. The lowest BCUT2D eigenvalue weighted by molar-refractivity contribution is 0.422. The summed E-state index contributed by atoms with van der Waals surface area (Å²) in [4.78, 5) is 0. The van der Waals surface area contributed by atoms with Gasteiger partial charge in [-0.3, -0.25) is 4.68 Å². The molecule has 0 bridgehead atoms. The molecular weight excluding hydrogens is 226 g/mol. The molecule has 0 spiro atoms. The first-order chi connectivity index (χ1) is 8.65. The van der Waals surface area contributed by atoms with Crippen LogP contribution in [0.15, 0.2) is 12.4 Å². The Kier molecular flexibility index (Phi) is 5.90. The largest absolute Gasteiger partial charge is 0.311 e. The first kappa shape index (κ1) is 14.2. The summed E-state index contributed by atoms with van der Waals surface area (Å²) < 4.78 is 1.89. The van der Waals surface area contributed by atoms with Gasteiger partial charge < -0.3 is 5.32 Å². The number of hydrogen-bond acceptors (Lipinski definition) is 4. The lowest BCUT2D eigenvalue weighted by Gasteiger charge is -2.15. The zero-order chi connectivity index (χ0) is 13.4. The van der Waals surface area contributed by atoms with E-state index >= 15 is 0 Å². The van der Waals surface area contributed by atoms with Gasteiger partial charge in [0.1, 0.15) is 0 Å². The summed E-state index contributed by atoms with van der Waals surface area (Å²) in [6, 6.07) is 4.55. The predicted molar refractivity (Wildman–Crippen MR) is 68.4 cm³/mol. The second-order valence-corrected chi connectivity index (χ2v) is 4.57. The van der Waals surface area contributed by atoms with Crippen molar-refractivity contribution in [3.63, 3.8) is 0 Å². The highest BCUT2D eigenvalue weighted by molar-refractivity contribution is 4.99. The summed E-state index contributed by atoms with van der Waals surface area (Å²) >= 11 is 0. The Labute approximate surface area is 108 Å². The van der Waals surface area contributed by atoms with Gasteiger partial charge in [0.25, 0.3) is 0 Å². The molecular formula is C13H19N5. The summed E-state index contributed by atoms with van der Waals surface area (Å²) in [6.45, 7) is 5.48. The number of nitrogens with one attached hydrogen (secondary N) is 1. The van der Waals surface area contributed by atoms with Crippen LogP contribution in [0.25, 0.3) is 0 Å². The van der Waals surface area contributed by atoms with E-state index in [9.17, 15) is 0 Å². The molecule has 5 heteroatoms. The second kappa shape index (κ2) is 7.47. The number of nitriles is 2. The maximum absolute atomic E-state index is 8.94. The molecule has 0 amide bonds. The number of rotatable bonds is 7. The highest BCUT2D eigenvalue weighted by Gasteiger charge is 2.09. The van der Waals surface area contributed by atoms with Gasteiger partial charge >= 0.3 is 0 Å². The summed E-state index contributed by atoms with van der Waals surface area (Å²) in [5.41, 5.74) is 1.14. The molecule has 0 fully saturated rings. The maximum Gasteiger partial charge on any atom is 0.0669 e. The Morgan fingerprint density at radius 2 is 2.28 bits per heavy atom. The van der Waals surface area contributed by atoms with Crippen molar-refractivity contribution in [2.24, 2.45) is 5.92 Å². The first-order valence-electron chi connectivity index (χ1n) is 6.14. The first-order valence-corrected chi connectivity index (χ1v) is 6.14. The van der Waals surface area contributed by atoms with Crippen LogP contribution in [0.4, 0.5) is 0 Å². The molecule has 5 nitrogen and oxygen atoms in total. The molecule has 0 saturated carbocycles. The molecule has 1 N–H and O–H groups in total. The molecule has 1 heterocycles. The summed E-state index contributed by atoms with van der Waals surface area (Å²) in [5, 5.41) is 25.0. The smallest absolute Gasteiger partial charge is 0.0669 e. The third kappa shape index (κ3) is 4.99. The molecule has 2 unspecified atom stereocenters. The van der Waals surface area contributed by atoms with Crippen LogP contribution in [0.5, 0.6) is 0 Å². The average Bonchev–Trinajstić information content (AvgIpc) is 2.75. The fourth-order valence-corrected chi connectivity index (χ4v) is 1.71. The van der Waals surface area contributed by atoms with Crippen LogP contribution in [-0.4, -0.2) is 22.4 Å². The predicted octanol–water partition coefficient (Wildman–Crippen LogP) is 1.61. The summed E-state index contributed by atoms with van der Waals surface area (Å²) in [7, 11) is 0. The van der Waals surface area contributed by atoms with Crippen LogP contribution in [-0.2, 0) is 6.54 Å². The van der Waals surface area contributed by atoms with E-state index in [4.69, 9.17) is 10.5 Å². The number of hydrogen-bond donors (Lipinski definition) is 1.